The molecule has 0 spiro atoms. The quantitative estimate of drug-likeness (QED) is 0.250. The Morgan fingerprint density at radius 3 is 2.23 bits per heavy atom. The maximum absolute atomic E-state index is 12.2. The Labute approximate surface area is 239 Å². The van der Waals surface area contributed by atoms with Gasteiger partial charge in [0.2, 0.25) is 5.91 Å². The molecule has 2 fully saturated rings. The predicted molar refractivity (Wildman–Crippen MR) is 165 cm³/mol. The largest absolute Gasteiger partial charge is 0.352 e. The molecular formula is C33H45N3O4. The lowest BCUT2D eigenvalue weighted by atomic mass is 9.87. The summed E-state index contributed by atoms with van der Waals surface area (Å²) < 4.78 is 0. The molecule has 0 saturated heterocycles. The van der Waals surface area contributed by atoms with Crippen molar-refractivity contribution in [3.8, 4) is 11.8 Å². The lowest BCUT2D eigenvalue weighted by Gasteiger charge is -2.19. The molecule has 2 amide bonds. The maximum Gasteiger partial charge on any atom is 0.296 e. The SMILES string of the molecule is C=C/C=C(/CNC(=O)CC#CC(=O)NC1CC1)CC1(c2ccc3ccccc3c2)CC1.C=O.CC.CC=O.CN. The van der Waals surface area contributed by atoms with Crippen molar-refractivity contribution in [2.45, 2.75) is 70.8 Å². The van der Waals surface area contributed by atoms with Crippen LogP contribution in [0.3, 0.4) is 0 Å². The van der Waals surface area contributed by atoms with Gasteiger partial charge in [-0.15, -0.1) is 0 Å². The van der Waals surface area contributed by atoms with E-state index in [4.69, 9.17) is 9.59 Å². The van der Waals surface area contributed by atoms with E-state index in [9.17, 15) is 9.59 Å². The summed E-state index contributed by atoms with van der Waals surface area (Å²) in [5.74, 6) is 4.69. The molecule has 0 unspecified atom stereocenters. The summed E-state index contributed by atoms with van der Waals surface area (Å²) in [7, 11) is 1.50. The molecule has 2 aromatic carbocycles. The first-order chi connectivity index (χ1) is 19.5. The number of carbonyl (C=O) groups is 4. The summed E-state index contributed by atoms with van der Waals surface area (Å²) in [5, 5.41) is 8.24. The number of hydrogen-bond donors (Lipinski definition) is 3. The number of rotatable bonds is 8. The van der Waals surface area contributed by atoms with Crippen molar-refractivity contribution < 1.29 is 19.2 Å². The molecule has 2 aromatic rings. The Bertz CT molecular complexity index is 1170. The highest BCUT2D eigenvalue weighted by atomic mass is 16.2. The van der Waals surface area contributed by atoms with Crippen LogP contribution in [0.25, 0.3) is 10.8 Å². The fourth-order valence-corrected chi connectivity index (χ4v) is 3.95. The molecule has 0 heterocycles. The topological polar surface area (TPSA) is 118 Å². The first-order valence-corrected chi connectivity index (χ1v) is 13.6. The number of amides is 2. The van der Waals surface area contributed by atoms with Crippen molar-refractivity contribution in [2.24, 2.45) is 5.73 Å². The van der Waals surface area contributed by atoms with Crippen molar-refractivity contribution in [1.29, 1.82) is 0 Å². The van der Waals surface area contributed by atoms with Gasteiger partial charge in [-0.25, -0.2) is 0 Å². The second-order valence-electron chi connectivity index (χ2n) is 8.82. The molecule has 2 aliphatic rings. The number of nitrogens with two attached hydrogens (primary N) is 1. The minimum Gasteiger partial charge on any atom is -0.352 e. The summed E-state index contributed by atoms with van der Waals surface area (Å²) in [6.07, 6.45) is 9.78. The zero-order chi connectivity index (χ0) is 30.4. The summed E-state index contributed by atoms with van der Waals surface area (Å²) in [6, 6.07) is 15.4. The predicted octanol–water partition coefficient (Wildman–Crippen LogP) is 4.78. The van der Waals surface area contributed by atoms with E-state index in [2.05, 4.69) is 77.3 Å². The van der Waals surface area contributed by atoms with Crippen LogP contribution >= 0.6 is 0 Å². The van der Waals surface area contributed by atoms with Gasteiger partial charge in [-0.1, -0.05) is 86.5 Å². The van der Waals surface area contributed by atoms with E-state index >= 15 is 0 Å². The third-order valence-corrected chi connectivity index (χ3v) is 6.01. The third-order valence-electron chi connectivity index (χ3n) is 6.01. The number of allylic oxidation sites excluding steroid dienone is 2. The highest BCUT2D eigenvalue weighted by molar-refractivity contribution is 5.94. The van der Waals surface area contributed by atoms with Gasteiger partial charge in [0.1, 0.15) is 13.1 Å². The van der Waals surface area contributed by atoms with Crippen LogP contribution in [-0.4, -0.2) is 44.5 Å². The zero-order valence-electron chi connectivity index (χ0n) is 24.4. The van der Waals surface area contributed by atoms with Gasteiger partial charge < -0.3 is 26.0 Å². The van der Waals surface area contributed by atoms with Crippen molar-refractivity contribution in [3.63, 3.8) is 0 Å². The molecule has 0 aromatic heterocycles. The van der Waals surface area contributed by atoms with Gasteiger partial charge in [-0.05, 0) is 73.7 Å². The molecular weight excluding hydrogens is 502 g/mol. The van der Waals surface area contributed by atoms with Gasteiger partial charge in [0, 0.05) is 12.6 Å². The Kier molecular flexibility index (Phi) is 18.8. The van der Waals surface area contributed by atoms with Crippen LogP contribution in [0.4, 0.5) is 0 Å². The molecule has 2 aliphatic carbocycles. The molecule has 40 heavy (non-hydrogen) atoms. The number of aldehydes is 1. The van der Waals surface area contributed by atoms with E-state index in [0.29, 0.717) is 6.54 Å². The number of benzene rings is 2. The number of hydrogen-bond acceptors (Lipinski definition) is 5. The Balaban J connectivity index is 0.00000153. The average molecular weight is 548 g/mol. The summed E-state index contributed by atoms with van der Waals surface area (Å²) in [4.78, 5) is 40.5. The Hall–Kier alpha value is -4.02. The summed E-state index contributed by atoms with van der Waals surface area (Å²) in [5.41, 5.74) is 7.15. The van der Waals surface area contributed by atoms with Gasteiger partial charge >= 0.3 is 0 Å². The third kappa shape index (κ3) is 13.2. The second-order valence-corrected chi connectivity index (χ2v) is 8.82. The van der Waals surface area contributed by atoms with Gasteiger partial charge in [-0.3, -0.25) is 9.59 Å². The van der Waals surface area contributed by atoms with E-state index in [1.165, 1.54) is 30.3 Å². The van der Waals surface area contributed by atoms with E-state index in [-0.39, 0.29) is 29.7 Å². The van der Waals surface area contributed by atoms with E-state index in [1.54, 1.807) is 6.08 Å². The number of carbonyl (C=O) groups excluding carboxylic acids is 4. The van der Waals surface area contributed by atoms with Gasteiger partial charge in [0.05, 0.1) is 6.42 Å². The standard InChI is InChI=1S/C27H28N2O2.C2H4O.C2H6.CH5N.CH2O/c1-2-6-20(19-28-25(30)9-5-10-26(31)29-24-13-14-24)18-27(15-16-27)23-12-11-21-7-3-4-8-22(21)17-23;1-2-3;3*1-2/h2-4,6-8,11-12,17,24H,1,9,13-16,18-19H2,(H,28,30)(H,29,31);2H,1H3;1-2H3;2H2,1H3;1H2/b20-6+;;;;. The number of fused-ring (bicyclic) bond motifs is 1. The van der Waals surface area contributed by atoms with E-state index in [1.807, 2.05) is 26.7 Å². The van der Waals surface area contributed by atoms with Crippen molar-refractivity contribution in [3.05, 3.63) is 72.3 Å². The lowest BCUT2D eigenvalue weighted by molar-refractivity contribution is -0.120. The molecule has 2 saturated carbocycles. The average Bonchev–Trinajstić information content (AvgIpc) is 3.93. The molecule has 0 radical (unpaired) electrons. The minimum atomic E-state index is -0.298. The normalized spacial score (nSPS) is 13.7. The first-order valence-electron chi connectivity index (χ1n) is 13.6. The molecule has 7 nitrogen and oxygen atoms in total. The van der Waals surface area contributed by atoms with Crippen LogP contribution in [0.5, 0.6) is 0 Å². The molecule has 4 rings (SSSR count). The fourth-order valence-electron chi connectivity index (χ4n) is 3.95. The van der Waals surface area contributed by atoms with Crippen LogP contribution in [0, 0.1) is 11.8 Å². The molecule has 0 aliphatic heterocycles. The zero-order valence-corrected chi connectivity index (χ0v) is 24.4. The van der Waals surface area contributed by atoms with Gasteiger partial charge in [-0.2, -0.15) is 0 Å². The second kappa shape index (κ2) is 20.9. The highest BCUT2D eigenvalue weighted by Crippen LogP contribution is 2.53. The molecule has 0 atom stereocenters. The van der Waals surface area contributed by atoms with Crippen molar-refractivity contribution >= 4 is 35.7 Å². The van der Waals surface area contributed by atoms with Crippen LogP contribution in [0.1, 0.15) is 64.9 Å². The van der Waals surface area contributed by atoms with Crippen LogP contribution in [0.15, 0.2) is 66.8 Å². The first kappa shape index (κ1) is 36.0. The van der Waals surface area contributed by atoms with E-state index < -0.39 is 0 Å². The molecule has 4 N–H and O–H groups in total. The lowest BCUT2D eigenvalue weighted by Crippen LogP contribution is -2.26. The summed E-state index contributed by atoms with van der Waals surface area (Å²) in [6.45, 7) is 11.7. The van der Waals surface area contributed by atoms with Crippen molar-refractivity contribution in [2.75, 3.05) is 13.6 Å². The fraction of sp³-hybridized carbons (Fsp3) is 0.394. The Morgan fingerprint density at radius 2 is 1.68 bits per heavy atom. The maximum atomic E-state index is 12.2. The highest BCUT2D eigenvalue weighted by Gasteiger charge is 2.44. The van der Waals surface area contributed by atoms with Crippen LogP contribution < -0.4 is 16.4 Å². The molecule has 0 bridgehead atoms. The molecule has 7 heteroatoms. The van der Waals surface area contributed by atoms with Gasteiger partial charge in [0.15, 0.2) is 0 Å². The Morgan fingerprint density at radius 1 is 1.07 bits per heavy atom. The van der Waals surface area contributed by atoms with E-state index in [0.717, 1.165) is 44.0 Å². The smallest absolute Gasteiger partial charge is 0.296 e. The summed E-state index contributed by atoms with van der Waals surface area (Å²) >= 11 is 0. The van der Waals surface area contributed by atoms with Crippen LogP contribution in [-0.2, 0) is 24.6 Å². The van der Waals surface area contributed by atoms with Crippen molar-refractivity contribution in [1.82, 2.24) is 10.6 Å². The minimum absolute atomic E-state index is 0.0231. The van der Waals surface area contributed by atoms with Crippen LogP contribution in [0.2, 0.25) is 0 Å². The monoisotopic (exact) mass is 547 g/mol. The molecule has 216 valence electrons. The number of nitrogens with one attached hydrogen (secondary N) is 2. The van der Waals surface area contributed by atoms with Gasteiger partial charge in [0.25, 0.3) is 5.91 Å².